The predicted octanol–water partition coefficient (Wildman–Crippen LogP) is 1.53. The summed E-state index contributed by atoms with van der Waals surface area (Å²) in [6, 6.07) is -0.150. The molecule has 1 unspecified atom stereocenters. The molecular weight excluding hydrogens is 280 g/mol. The summed E-state index contributed by atoms with van der Waals surface area (Å²) in [6.45, 7) is 4.13. The molecule has 22 heavy (non-hydrogen) atoms. The Morgan fingerprint density at radius 3 is 2.59 bits per heavy atom. The molecule has 0 aromatic carbocycles. The average Bonchev–Trinajstić information content (AvgIpc) is 3.14. The zero-order valence-electron chi connectivity index (χ0n) is 13.2. The molecule has 1 amide bonds. The van der Waals surface area contributed by atoms with Crippen LogP contribution in [0.1, 0.15) is 36.1 Å². The molecule has 3 rings (SSSR count). The lowest BCUT2D eigenvalue weighted by Crippen LogP contribution is -2.33. The molecule has 3 heterocycles. The molecule has 0 aliphatic heterocycles. The summed E-state index contributed by atoms with van der Waals surface area (Å²) in [6.07, 6.45) is 8.92. The number of carbonyl (C=O) groups excluding carboxylic acids is 1. The molecular formula is C15H20N6O. The highest BCUT2D eigenvalue weighted by atomic mass is 16.1. The summed E-state index contributed by atoms with van der Waals surface area (Å²) in [5.74, 6) is 0.932. The van der Waals surface area contributed by atoms with E-state index in [2.05, 4.69) is 29.2 Å². The standard InChI is InChI=1S/C15H20N6O/c1-10(2)12(13-16-5-6-19(13)3)18-14(22)11-9-17-21-8-7-20(4)15(11)21/h5-10,12H,1-4H3,(H,18,22). The highest BCUT2D eigenvalue weighted by molar-refractivity contribution is 6.00. The van der Waals surface area contributed by atoms with Crippen molar-refractivity contribution in [3.8, 4) is 0 Å². The molecule has 0 spiro atoms. The van der Waals surface area contributed by atoms with E-state index in [0.717, 1.165) is 11.5 Å². The smallest absolute Gasteiger partial charge is 0.257 e. The van der Waals surface area contributed by atoms with Crippen molar-refractivity contribution in [2.45, 2.75) is 19.9 Å². The lowest BCUT2D eigenvalue weighted by atomic mass is 10.0. The Morgan fingerprint density at radius 2 is 1.95 bits per heavy atom. The van der Waals surface area contributed by atoms with Crippen molar-refractivity contribution in [2.75, 3.05) is 0 Å². The van der Waals surface area contributed by atoms with Crippen LogP contribution in [0.15, 0.2) is 31.0 Å². The van der Waals surface area contributed by atoms with Gasteiger partial charge in [0.05, 0.1) is 12.2 Å². The molecule has 0 radical (unpaired) electrons. The van der Waals surface area contributed by atoms with Crippen molar-refractivity contribution >= 4 is 11.6 Å². The molecule has 116 valence electrons. The fourth-order valence-electron chi connectivity index (χ4n) is 2.64. The van der Waals surface area contributed by atoms with Crippen LogP contribution in [0.4, 0.5) is 0 Å². The quantitative estimate of drug-likeness (QED) is 0.794. The maximum absolute atomic E-state index is 12.7. The zero-order valence-corrected chi connectivity index (χ0v) is 13.2. The van der Waals surface area contributed by atoms with Gasteiger partial charge in [-0.15, -0.1) is 0 Å². The van der Waals surface area contributed by atoms with Crippen LogP contribution in [0.5, 0.6) is 0 Å². The number of hydrogen-bond acceptors (Lipinski definition) is 3. The number of rotatable bonds is 4. The Balaban J connectivity index is 1.92. The van der Waals surface area contributed by atoms with E-state index in [4.69, 9.17) is 0 Å². The maximum atomic E-state index is 12.7. The summed E-state index contributed by atoms with van der Waals surface area (Å²) in [5, 5.41) is 7.29. The fourth-order valence-corrected chi connectivity index (χ4v) is 2.64. The molecule has 0 fully saturated rings. The minimum absolute atomic E-state index is 0.140. The Bertz CT molecular complexity index is 809. The summed E-state index contributed by atoms with van der Waals surface area (Å²) in [7, 11) is 3.83. The molecule has 0 aliphatic rings. The van der Waals surface area contributed by atoms with Crippen LogP contribution in [-0.2, 0) is 14.1 Å². The van der Waals surface area contributed by atoms with E-state index in [-0.39, 0.29) is 17.9 Å². The lowest BCUT2D eigenvalue weighted by Gasteiger charge is -2.21. The molecule has 0 aliphatic carbocycles. The number of nitrogens with one attached hydrogen (secondary N) is 1. The first-order chi connectivity index (χ1) is 10.5. The average molecular weight is 300 g/mol. The van der Waals surface area contributed by atoms with E-state index in [0.29, 0.717) is 5.56 Å². The first-order valence-electron chi connectivity index (χ1n) is 7.25. The van der Waals surface area contributed by atoms with Gasteiger partial charge in [0.1, 0.15) is 17.0 Å². The Morgan fingerprint density at radius 1 is 1.18 bits per heavy atom. The van der Waals surface area contributed by atoms with Crippen molar-refractivity contribution in [3.63, 3.8) is 0 Å². The van der Waals surface area contributed by atoms with Crippen LogP contribution in [0.3, 0.4) is 0 Å². The second-order valence-electron chi connectivity index (χ2n) is 5.83. The molecule has 0 bridgehead atoms. The summed E-state index contributed by atoms with van der Waals surface area (Å²) >= 11 is 0. The molecule has 7 nitrogen and oxygen atoms in total. The van der Waals surface area contributed by atoms with Gasteiger partial charge in [0.15, 0.2) is 0 Å². The molecule has 3 aromatic rings. The summed E-state index contributed by atoms with van der Waals surface area (Å²) < 4.78 is 5.51. The Hall–Kier alpha value is -2.57. The molecule has 1 atom stereocenters. The summed E-state index contributed by atoms with van der Waals surface area (Å²) in [5.41, 5.74) is 1.34. The van der Waals surface area contributed by atoms with Crippen LogP contribution in [-0.4, -0.2) is 29.6 Å². The van der Waals surface area contributed by atoms with Gasteiger partial charge in [-0.05, 0) is 5.92 Å². The second-order valence-corrected chi connectivity index (χ2v) is 5.83. The third kappa shape index (κ3) is 2.28. The highest BCUT2D eigenvalue weighted by Gasteiger charge is 2.24. The van der Waals surface area contributed by atoms with Gasteiger partial charge in [0.2, 0.25) is 0 Å². The van der Waals surface area contributed by atoms with Crippen molar-refractivity contribution in [1.29, 1.82) is 0 Å². The van der Waals surface area contributed by atoms with Crippen molar-refractivity contribution in [1.82, 2.24) is 29.0 Å². The van der Waals surface area contributed by atoms with Gasteiger partial charge >= 0.3 is 0 Å². The Kier molecular flexibility index (Phi) is 3.48. The summed E-state index contributed by atoms with van der Waals surface area (Å²) in [4.78, 5) is 17.0. The maximum Gasteiger partial charge on any atom is 0.257 e. The molecule has 7 heteroatoms. The van der Waals surface area contributed by atoms with Gasteiger partial charge in [-0.1, -0.05) is 13.8 Å². The largest absolute Gasteiger partial charge is 0.342 e. The van der Waals surface area contributed by atoms with Crippen molar-refractivity contribution < 1.29 is 4.79 Å². The van der Waals surface area contributed by atoms with Crippen molar-refractivity contribution in [2.24, 2.45) is 20.0 Å². The van der Waals surface area contributed by atoms with Gasteiger partial charge in [-0.25, -0.2) is 9.50 Å². The highest BCUT2D eigenvalue weighted by Crippen LogP contribution is 2.21. The van der Waals surface area contributed by atoms with Gasteiger partial charge in [0.25, 0.3) is 5.91 Å². The lowest BCUT2D eigenvalue weighted by molar-refractivity contribution is 0.0923. The van der Waals surface area contributed by atoms with E-state index in [1.165, 1.54) is 0 Å². The van der Waals surface area contributed by atoms with Gasteiger partial charge in [0, 0.05) is 38.9 Å². The monoisotopic (exact) mass is 300 g/mol. The number of fused-ring (bicyclic) bond motifs is 1. The van der Waals surface area contributed by atoms with Crippen LogP contribution in [0, 0.1) is 5.92 Å². The molecule has 0 saturated carbocycles. The fraction of sp³-hybridized carbons (Fsp3) is 0.400. The Labute approximate surface area is 128 Å². The number of imidazole rings is 2. The van der Waals surface area contributed by atoms with Crippen molar-refractivity contribution in [3.05, 3.63) is 42.4 Å². The molecule has 3 aromatic heterocycles. The SMILES string of the molecule is CC(C)C(NC(=O)c1cnn2ccn(C)c12)c1nccn1C. The van der Waals surface area contributed by atoms with E-state index in [9.17, 15) is 4.79 Å². The number of amides is 1. The number of aromatic nitrogens is 5. The number of carbonyl (C=O) groups is 1. The predicted molar refractivity (Wildman–Crippen MR) is 82.4 cm³/mol. The van der Waals surface area contributed by atoms with Gasteiger partial charge in [-0.2, -0.15) is 5.10 Å². The minimum atomic E-state index is -0.150. The molecule has 1 N–H and O–H groups in total. The van der Waals surface area contributed by atoms with Crippen LogP contribution >= 0.6 is 0 Å². The topological polar surface area (TPSA) is 69.2 Å². The second kappa shape index (κ2) is 5.32. The first kappa shape index (κ1) is 14.4. The van der Waals surface area contributed by atoms with E-state index in [1.807, 2.05) is 41.8 Å². The number of aryl methyl sites for hydroxylation is 2. The first-order valence-corrected chi connectivity index (χ1v) is 7.25. The number of hydrogen-bond donors (Lipinski definition) is 1. The van der Waals surface area contributed by atoms with E-state index >= 15 is 0 Å². The normalized spacial score (nSPS) is 13.0. The van der Waals surface area contributed by atoms with Crippen LogP contribution in [0.25, 0.3) is 5.65 Å². The number of nitrogens with zero attached hydrogens (tertiary/aromatic N) is 5. The van der Waals surface area contributed by atoms with Gasteiger partial charge in [-0.3, -0.25) is 4.79 Å². The third-order valence-electron chi connectivity index (χ3n) is 3.87. The van der Waals surface area contributed by atoms with E-state index in [1.54, 1.807) is 16.9 Å². The van der Waals surface area contributed by atoms with Crippen LogP contribution < -0.4 is 5.32 Å². The zero-order chi connectivity index (χ0) is 15.9. The third-order valence-corrected chi connectivity index (χ3v) is 3.87. The van der Waals surface area contributed by atoms with Gasteiger partial charge < -0.3 is 14.5 Å². The minimum Gasteiger partial charge on any atom is -0.342 e. The van der Waals surface area contributed by atoms with Crippen LogP contribution in [0.2, 0.25) is 0 Å². The van der Waals surface area contributed by atoms with E-state index < -0.39 is 0 Å². The molecule has 0 saturated heterocycles.